The van der Waals surface area contributed by atoms with E-state index in [1.165, 1.54) is 17.7 Å². The Morgan fingerprint density at radius 1 is 1.00 bits per heavy atom. The first-order valence-electron chi connectivity index (χ1n) is 9.09. The van der Waals surface area contributed by atoms with Gasteiger partial charge in [-0.1, -0.05) is 31.0 Å². The number of para-hydroxylation sites is 1. The van der Waals surface area contributed by atoms with E-state index in [4.69, 9.17) is 5.11 Å². The largest absolute Gasteiger partial charge is 0.396 e. The molecule has 4 nitrogen and oxygen atoms in total. The maximum Gasteiger partial charge on any atom is 0.0460 e. The molecule has 1 aliphatic heterocycles. The van der Waals surface area contributed by atoms with Crippen molar-refractivity contribution in [3.63, 3.8) is 0 Å². The highest BCUT2D eigenvalue weighted by Crippen LogP contribution is 2.22. The summed E-state index contributed by atoms with van der Waals surface area (Å²) in [7, 11) is 0. The fourth-order valence-corrected chi connectivity index (χ4v) is 3.21. The van der Waals surface area contributed by atoms with Gasteiger partial charge in [-0.05, 0) is 56.3 Å². The van der Waals surface area contributed by atoms with Gasteiger partial charge in [-0.3, -0.25) is 4.90 Å². The second-order valence-corrected chi connectivity index (χ2v) is 6.62. The van der Waals surface area contributed by atoms with Crippen LogP contribution in [0.3, 0.4) is 0 Å². The molecule has 0 saturated carbocycles. The second-order valence-electron chi connectivity index (χ2n) is 6.62. The van der Waals surface area contributed by atoms with Gasteiger partial charge in [0.25, 0.3) is 0 Å². The Hall–Kier alpha value is -1.10. The Morgan fingerprint density at radius 3 is 2.48 bits per heavy atom. The highest BCUT2D eigenvalue weighted by molar-refractivity contribution is 5.51. The minimum atomic E-state index is 0.309. The first-order valence-corrected chi connectivity index (χ1v) is 9.09. The van der Waals surface area contributed by atoms with Crippen LogP contribution in [-0.2, 0) is 6.54 Å². The molecule has 0 radical (unpaired) electrons. The number of rotatable bonds is 10. The second kappa shape index (κ2) is 10.6. The van der Waals surface area contributed by atoms with Gasteiger partial charge < -0.3 is 15.5 Å². The summed E-state index contributed by atoms with van der Waals surface area (Å²) in [5.74, 6) is 0.499. The van der Waals surface area contributed by atoms with Crippen molar-refractivity contribution in [2.45, 2.75) is 45.1 Å². The van der Waals surface area contributed by atoms with Gasteiger partial charge in [0, 0.05) is 32.0 Å². The topological polar surface area (TPSA) is 55.7 Å². The maximum absolute atomic E-state index is 9.24. The van der Waals surface area contributed by atoms with E-state index in [0.29, 0.717) is 19.1 Å². The molecular weight excluding hydrogens is 288 g/mol. The number of aliphatic hydroxyl groups is 2. The molecule has 0 bridgehead atoms. The monoisotopic (exact) mass is 320 g/mol. The summed E-state index contributed by atoms with van der Waals surface area (Å²) in [6.07, 6.45) is 6.56. The van der Waals surface area contributed by atoms with Crippen molar-refractivity contribution >= 4 is 5.69 Å². The van der Waals surface area contributed by atoms with Crippen LogP contribution in [0.5, 0.6) is 0 Å². The number of likely N-dealkylation sites (tertiary alicyclic amines) is 1. The van der Waals surface area contributed by atoms with Crippen LogP contribution in [0.1, 0.15) is 44.1 Å². The number of anilines is 1. The van der Waals surface area contributed by atoms with E-state index in [-0.39, 0.29) is 0 Å². The van der Waals surface area contributed by atoms with Crippen molar-refractivity contribution in [1.29, 1.82) is 0 Å². The Balaban J connectivity index is 1.76. The van der Waals surface area contributed by atoms with Crippen LogP contribution in [0.15, 0.2) is 24.3 Å². The lowest BCUT2D eigenvalue weighted by Gasteiger charge is -2.31. The molecule has 1 aromatic carbocycles. The minimum absolute atomic E-state index is 0.309. The molecule has 4 heteroatoms. The molecule has 0 aliphatic carbocycles. The SMILES string of the molecule is OCCCCCCNc1ccccc1CN1CCC(CO)CC1. The van der Waals surface area contributed by atoms with E-state index in [0.717, 1.165) is 58.3 Å². The number of nitrogens with zero attached hydrogens (tertiary/aromatic N) is 1. The molecule has 1 aromatic rings. The van der Waals surface area contributed by atoms with E-state index < -0.39 is 0 Å². The predicted molar refractivity (Wildman–Crippen MR) is 95.6 cm³/mol. The molecule has 2 rings (SSSR count). The van der Waals surface area contributed by atoms with Gasteiger partial charge in [-0.15, -0.1) is 0 Å². The molecule has 0 aromatic heterocycles. The lowest BCUT2D eigenvalue weighted by atomic mass is 9.97. The van der Waals surface area contributed by atoms with Crippen LogP contribution < -0.4 is 5.32 Å². The maximum atomic E-state index is 9.24. The number of hydrogen-bond acceptors (Lipinski definition) is 4. The van der Waals surface area contributed by atoms with Crippen molar-refractivity contribution in [1.82, 2.24) is 4.90 Å². The Labute approximate surface area is 140 Å². The van der Waals surface area contributed by atoms with E-state index in [2.05, 4.69) is 34.5 Å². The first kappa shape index (κ1) is 18.2. The fraction of sp³-hybridized carbons (Fsp3) is 0.684. The van der Waals surface area contributed by atoms with Gasteiger partial charge in [-0.25, -0.2) is 0 Å². The summed E-state index contributed by atoms with van der Waals surface area (Å²) in [4.78, 5) is 2.49. The third kappa shape index (κ3) is 6.50. The molecule has 1 saturated heterocycles. The van der Waals surface area contributed by atoms with Gasteiger partial charge in [-0.2, -0.15) is 0 Å². The van der Waals surface area contributed by atoms with E-state index in [1.807, 2.05) is 0 Å². The molecule has 0 atom stereocenters. The fourth-order valence-electron chi connectivity index (χ4n) is 3.21. The summed E-state index contributed by atoms with van der Waals surface area (Å²) in [6, 6.07) is 8.59. The summed E-state index contributed by atoms with van der Waals surface area (Å²) in [5, 5.41) is 21.6. The number of piperidine rings is 1. The molecule has 0 spiro atoms. The molecule has 23 heavy (non-hydrogen) atoms. The zero-order valence-corrected chi connectivity index (χ0v) is 14.2. The zero-order chi connectivity index (χ0) is 16.3. The van der Waals surface area contributed by atoms with E-state index in [9.17, 15) is 5.11 Å². The van der Waals surface area contributed by atoms with Crippen molar-refractivity contribution in [2.75, 3.05) is 38.2 Å². The normalized spacial score (nSPS) is 16.6. The average Bonchev–Trinajstić information content (AvgIpc) is 2.60. The van der Waals surface area contributed by atoms with Crippen molar-refractivity contribution < 1.29 is 10.2 Å². The van der Waals surface area contributed by atoms with Crippen molar-refractivity contribution in [2.24, 2.45) is 5.92 Å². The van der Waals surface area contributed by atoms with E-state index >= 15 is 0 Å². The summed E-state index contributed by atoms with van der Waals surface area (Å²) in [5.41, 5.74) is 2.62. The third-order valence-electron chi connectivity index (χ3n) is 4.78. The van der Waals surface area contributed by atoms with Crippen LogP contribution >= 0.6 is 0 Å². The van der Waals surface area contributed by atoms with E-state index in [1.54, 1.807) is 0 Å². The molecule has 0 unspecified atom stereocenters. The smallest absolute Gasteiger partial charge is 0.0460 e. The summed E-state index contributed by atoms with van der Waals surface area (Å²) >= 11 is 0. The summed E-state index contributed by atoms with van der Waals surface area (Å²) in [6.45, 7) is 4.80. The standard InChI is InChI=1S/C19H32N2O2/c22-14-6-2-1-5-11-20-19-8-4-3-7-18(19)15-21-12-9-17(16-23)10-13-21/h3-4,7-8,17,20,22-23H,1-2,5-6,9-16H2. The molecular formula is C19H32N2O2. The third-order valence-corrected chi connectivity index (χ3v) is 4.78. The number of aliphatic hydroxyl groups excluding tert-OH is 2. The lowest BCUT2D eigenvalue weighted by molar-refractivity contribution is 0.127. The van der Waals surface area contributed by atoms with Gasteiger partial charge in [0.2, 0.25) is 0 Å². The highest BCUT2D eigenvalue weighted by atomic mass is 16.3. The van der Waals surface area contributed by atoms with Crippen LogP contribution in [0.4, 0.5) is 5.69 Å². The minimum Gasteiger partial charge on any atom is -0.396 e. The van der Waals surface area contributed by atoms with Gasteiger partial charge in [0.05, 0.1) is 0 Å². The molecule has 3 N–H and O–H groups in total. The lowest BCUT2D eigenvalue weighted by Crippen LogP contribution is -2.34. The average molecular weight is 320 g/mol. The van der Waals surface area contributed by atoms with Crippen LogP contribution in [0, 0.1) is 5.92 Å². The van der Waals surface area contributed by atoms with Crippen LogP contribution in [0.2, 0.25) is 0 Å². The molecule has 1 heterocycles. The zero-order valence-electron chi connectivity index (χ0n) is 14.2. The Bertz CT molecular complexity index is 431. The molecule has 130 valence electrons. The molecule has 1 aliphatic rings. The number of unbranched alkanes of at least 4 members (excludes halogenated alkanes) is 3. The van der Waals surface area contributed by atoms with Gasteiger partial charge in [0.1, 0.15) is 0 Å². The van der Waals surface area contributed by atoms with Gasteiger partial charge in [0.15, 0.2) is 0 Å². The molecule has 0 amide bonds. The number of benzene rings is 1. The summed E-state index contributed by atoms with van der Waals surface area (Å²) < 4.78 is 0. The van der Waals surface area contributed by atoms with Crippen molar-refractivity contribution in [3.8, 4) is 0 Å². The quantitative estimate of drug-likeness (QED) is 0.580. The van der Waals surface area contributed by atoms with Crippen LogP contribution in [-0.4, -0.2) is 48.0 Å². The Morgan fingerprint density at radius 2 is 1.74 bits per heavy atom. The predicted octanol–water partition coefficient (Wildman–Crippen LogP) is 2.86. The van der Waals surface area contributed by atoms with Gasteiger partial charge >= 0.3 is 0 Å². The highest BCUT2D eigenvalue weighted by Gasteiger charge is 2.19. The number of hydrogen-bond donors (Lipinski definition) is 3. The van der Waals surface area contributed by atoms with Crippen molar-refractivity contribution in [3.05, 3.63) is 29.8 Å². The first-order chi connectivity index (χ1) is 11.3. The number of nitrogens with one attached hydrogen (secondary N) is 1. The van der Waals surface area contributed by atoms with Crippen LogP contribution in [0.25, 0.3) is 0 Å². The molecule has 1 fully saturated rings. The Kier molecular flexibility index (Phi) is 8.43.